The zero-order valence-electron chi connectivity index (χ0n) is 16.4. The molecular weight excluding hydrogens is 363 g/mol. The van der Waals surface area contributed by atoms with E-state index in [2.05, 4.69) is 5.32 Å². The lowest BCUT2D eigenvalue weighted by atomic mass is 9.97. The molecule has 1 rings (SSSR count). The molecular formula is C19H26F3NO4. The van der Waals surface area contributed by atoms with Crippen molar-refractivity contribution in [2.75, 3.05) is 0 Å². The van der Waals surface area contributed by atoms with Crippen LogP contribution in [0.1, 0.15) is 52.7 Å². The third-order valence-electron chi connectivity index (χ3n) is 3.37. The van der Waals surface area contributed by atoms with Crippen LogP contribution in [0.4, 0.5) is 18.0 Å². The summed E-state index contributed by atoms with van der Waals surface area (Å²) in [6, 6.07) is 3.73. The number of carbonyl (C=O) groups is 2. The highest BCUT2D eigenvalue weighted by atomic mass is 19.4. The topological polar surface area (TPSA) is 64.6 Å². The Kier molecular flexibility index (Phi) is 6.91. The molecule has 5 nitrogen and oxygen atoms in total. The summed E-state index contributed by atoms with van der Waals surface area (Å²) in [6.07, 6.45) is -4.92. The predicted molar refractivity (Wildman–Crippen MR) is 94.2 cm³/mol. The van der Waals surface area contributed by atoms with Crippen molar-refractivity contribution in [1.29, 1.82) is 0 Å². The molecule has 1 atom stereocenters. The van der Waals surface area contributed by atoms with E-state index in [0.29, 0.717) is 5.56 Å². The molecule has 0 unspecified atom stereocenters. The second kappa shape index (κ2) is 8.19. The zero-order chi connectivity index (χ0) is 21.0. The van der Waals surface area contributed by atoms with E-state index < -0.39 is 41.0 Å². The average molecular weight is 389 g/mol. The molecule has 0 aliphatic heterocycles. The van der Waals surface area contributed by atoms with Crippen LogP contribution < -0.4 is 5.32 Å². The fourth-order valence-electron chi connectivity index (χ4n) is 2.24. The van der Waals surface area contributed by atoms with Crippen LogP contribution in [0.5, 0.6) is 0 Å². The number of alkyl halides is 3. The van der Waals surface area contributed by atoms with Crippen LogP contribution in [0.25, 0.3) is 0 Å². The second-order valence-electron chi connectivity index (χ2n) is 7.92. The Balaban J connectivity index is 2.65. The van der Waals surface area contributed by atoms with E-state index in [9.17, 15) is 22.8 Å². The molecule has 0 radical (unpaired) electrons. The molecule has 0 fully saturated rings. The molecule has 152 valence electrons. The van der Waals surface area contributed by atoms with Crippen molar-refractivity contribution in [3.8, 4) is 0 Å². The minimum absolute atomic E-state index is 0.218. The third-order valence-corrected chi connectivity index (χ3v) is 3.37. The maximum absolute atomic E-state index is 12.6. The summed E-state index contributed by atoms with van der Waals surface area (Å²) in [7, 11) is 0. The SMILES string of the molecule is C[C@H](NC(=O)OC(C)(C)C)C(=O)OC(C)(C)Cc1ccc(C(F)(F)F)cc1. The lowest BCUT2D eigenvalue weighted by molar-refractivity contribution is -0.158. The van der Waals surface area contributed by atoms with Crippen LogP contribution >= 0.6 is 0 Å². The van der Waals surface area contributed by atoms with Crippen molar-refractivity contribution >= 4 is 12.1 Å². The van der Waals surface area contributed by atoms with Gasteiger partial charge in [-0.15, -0.1) is 0 Å². The van der Waals surface area contributed by atoms with Gasteiger partial charge in [0, 0.05) is 6.42 Å². The smallest absolute Gasteiger partial charge is 0.416 e. The first-order chi connectivity index (χ1) is 12.1. The summed E-state index contributed by atoms with van der Waals surface area (Å²) >= 11 is 0. The summed E-state index contributed by atoms with van der Waals surface area (Å²) in [5.41, 5.74) is -1.82. The number of ether oxygens (including phenoxy) is 2. The summed E-state index contributed by atoms with van der Waals surface area (Å²) in [4.78, 5) is 23.9. The number of esters is 1. The number of halogens is 3. The van der Waals surface area contributed by atoms with Crippen molar-refractivity contribution in [1.82, 2.24) is 5.32 Å². The van der Waals surface area contributed by atoms with Crippen molar-refractivity contribution in [2.24, 2.45) is 0 Å². The van der Waals surface area contributed by atoms with Crippen molar-refractivity contribution < 1.29 is 32.2 Å². The van der Waals surface area contributed by atoms with Crippen LogP contribution in [-0.4, -0.2) is 29.3 Å². The van der Waals surface area contributed by atoms with Crippen LogP contribution in [0.2, 0.25) is 0 Å². The van der Waals surface area contributed by atoms with Crippen LogP contribution in [0.3, 0.4) is 0 Å². The molecule has 1 aromatic carbocycles. The Morgan fingerprint density at radius 2 is 1.52 bits per heavy atom. The van der Waals surface area contributed by atoms with E-state index >= 15 is 0 Å². The van der Waals surface area contributed by atoms with Gasteiger partial charge in [0.1, 0.15) is 17.2 Å². The minimum Gasteiger partial charge on any atom is -0.458 e. The quantitative estimate of drug-likeness (QED) is 0.754. The van der Waals surface area contributed by atoms with Gasteiger partial charge >= 0.3 is 18.2 Å². The lowest BCUT2D eigenvalue weighted by Crippen LogP contribution is -2.45. The molecule has 27 heavy (non-hydrogen) atoms. The molecule has 1 aromatic rings. The monoisotopic (exact) mass is 389 g/mol. The maximum atomic E-state index is 12.6. The maximum Gasteiger partial charge on any atom is 0.416 e. The van der Waals surface area contributed by atoms with E-state index in [-0.39, 0.29) is 6.42 Å². The van der Waals surface area contributed by atoms with Crippen molar-refractivity contribution in [3.05, 3.63) is 35.4 Å². The van der Waals surface area contributed by atoms with E-state index in [1.54, 1.807) is 34.6 Å². The number of rotatable bonds is 5. The zero-order valence-corrected chi connectivity index (χ0v) is 16.4. The van der Waals surface area contributed by atoms with Gasteiger partial charge in [0.25, 0.3) is 0 Å². The summed E-state index contributed by atoms with van der Waals surface area (Å²) in [5.74, 6) is -0.669. The largest absolute Gasteiger partial charge is 0.458 e. The Hall–Kier alpha value is -2.25. The van der Waals surface area contributed by atoms with Gasteiger partial charge in [-0.3, -0.25) is 0 Å². The van der Waals surface area contributed by atoms with Crippen molar-refractivity contribution in [3.63, 3.8) is 0 Å². The number of hydrogen-bond acceptors (Lipinski definition) is 4. The van der Waals surface area contributed by atoms with Crippen LogP contribution in [0.15, 0.2) is 24.3 Å². The first-order valence-corrected chi connectivity index (χ1v) is 8.47. The first-order valence-electron chi connectivity index (χ1n) is 8.47. The lowest BCUT2D eigenvalue weighted by Gasteiger charge is -2.28. The molecule has 8 heteroatoms. The van der Waals surface area contributed by atoms with E-state index in [4.69, 9.17) is 9.47 Å². The van der Waals surface area contributed by atoms with Gasteiger partial charge in [0.15, 0.2) is 0 Å². The van der Waals surface area contributed by atoms with E-state index in [1.165, 1.54) is 19.1 Å². The summed E-state index contributed by atoms with van der Waals surface area (Å²) in [5, 5.41) is 2.39. The number of amides is 1. The summed E-state index contributed by atoms with van der Waals surface area (Å²) < 4.78 is 48.3. The van der Waals surface area contributed by atoms with Gasteiger partial charge in [-0.05, 0) is 59.2 Å². The number of carbonyl (C=O) groups excluding carboxylic acids is 2. The summed E-state index contributed by atoms with van der Waals surface area (Å²) in [6.45, 7) is 9.83. The molecule has 0 saturated carbocycles. The number of alkyl carbamates (subject to hydrolysis) is 1. The fraction of sp³-hybridized carbons (Fsp3) is 0.579. The number of nitrogens with one attached hydrogen (secondary N) is 1. The Morgan fingerprint density at radius 3 is 1.96 bits per heavy atom. The fourth-order valence-corrected chi connectivity index (χ4v) is 2.24. The standard InChI is InChI=1S/C19H26F3NO4/c1-12(23-16(25)27-17(2,3)4)15(24)26-18(5,6)11-13-7-9-14(10-8-13)19(20,21)22/h7-10,12H,11H2,1-6H3,(H,23,25)/t12-/m0/s1. The molecule has 1 N–H and O–H groups in total. The number of hydrogen-bond donors (Lipinski definition) is 1. The van der Waals surface area contributed by atoms with E-state index in [1.807, 2.05) is 0 Å². The van der Waals surface area contributed by atoms with E-state index in [0.717, 1.165) is 12.1 Å². The van der Waals surface area contributed by atoms with Gasteiger partial charge < -0.3 is 14.8 Å². The first kappa shape index (κ1) is 22.8. The molecule has 0 spiro atoms. The molecule has 0 saturated heterocycles. The Bertz CT molecular complexity index is 661. The van der Waals surface area contributed by atoms with Gasteiger partial charge in [0.2, 0.25) is 0 Å². The molecule has 0 aromatic heterocycles. The van der Waals surface area contributed by atoms with Crippen molar-refractivity contribution in [2.45, 2.75) is 71.4 Å². The van der Waals surface area contributed by atoms with Gasteiger partial charge in [0.05, 0.1) is 5.56 Å². The van der Waals surface area contributed by atoms with Gasteiger partial charge in [-0.25, -0.2) is 9.59 Å². The molecule has 0 heterocycles. The Morgan fingerprint density at radius 1 is 1.00 bits per heavy atom. The second-order valence-corrected chi connectivity index (χ2v) is 7.92. The van der Waals surface area contributed by atoms with Crippen LogP contribution in [-0.2, 0) is 26.9 Å². The molecule has 0 aliphatic carbocycles. The highest BCUT2D eigenvalue weighted by Gasteiger charge is 2.31. The molecule has 1 amide bonds. The van der Waals surface area contributed by atoms with Gasteiger partial charge in [-0.2, -0.15) is 13.2 Å². The highest BCUT2D eigenvalue weighted by Crippen LogP contribution is 2.29. The third kappa shape index (κ3) is 8.32. The normalized spacial score (nSPS) is 13.7. The average Bonchev–Trinajstić information content (AvgIpc) is 2.43. The predicted octanol–water partition coefficient (Wildman–Crippen LogP) is 4.48. The number of benzene rings is 1. The highest BCUT2D eigenvalue weighted by molar-refractivity contribution is 5.81. The van der Waals surface area contributed by atoms with Gasteiger partial charge in [-0.1, -0.05) is 12.1 Å². The molecule has 0 aliphatic rings. The minimum atomic E-state index is -4.40. The Labute approximate surface area is 157 Å². The van der Waals surface area contributed by atoms with Crippen LogP contribution in [0, 0.1) is 0 Å². The molecule has 0 bridgehead atoms.